The number of sulfonamides is 1. The van der Waals surface area contributed by atoms with E-state index in [9.17, 15) is 13.2 Å². The first-order valence-corrected chi connectivity index (χ1v) is 14.7. The predicted molar refractivity (Wildman–Crippen MR) is 166 cm³/mol. The second-order valence-electron chi connectivity index (χ2n) is 9.47. The molecule has 0 aliphatic carbocycles. The van der Waals surface area contributed by atoms with Crippen molar-refractivity contribution in [3.05, 3.63) is 61.3 Å². The molecule has 13 heteroatoms. The normalized spacial score (nSPS) is 11.1. The van der Waals surface area contributed by atoms with Crippen molar-refractivity contribution in [2.75, 3.05) is 72.7 Å². The van der Waals surface area contributed by atoms with Crippen molar-refractivity contribution in [1.29, 1.82) is 0 Å². The van der Waals surface area contributed by atoms with E-state index in [1.165, 1.54) is 6.08 Å². The molecule has 2 aromatic carbocycles. The number of amides is 1. The van der Waals surface area contributed by atoms with Crippen LogP contribution in [0.3, 0.4) is 0 Å². The van der Waals surface area contributed by atoms with Crippen LogP contribution >= 0.6 is 0 Å². The van der Waals surface area contributed by atoms with Crippen LogP contribution in [0.15, 0.2) is 61.3 Å². The minimum atomic E-state index is -3.48. The van der Waals surface area contributed by atoms with Crippen LogP contribution in [0.4, 0.5) is 40.2 Å². The summed E-state index contributed by atoms with van der Waals surface area (Å²) < 4.78 is 33.0. The number of hydrogen-bond acceptors (Lipinski definition) is 10. The van der Waals surface area contributed by atoms with Gasteiger partial charge < -0.3 is 30.5 Å². The molecule has 0 atom stereocenters. The van der Waals surface area contributed by atoms with E-state index in [0.717, 1.165) is 12.2 Å². The Bertz CT molecular complexity index is 1460. The molecule has 0 fully saturated rings. The van der Waals surface area contributed by atoms with Gasteiger partial charge in [-0.2, -0.15) is 4.98 Å². The van der Waals surface area contributed by atoms with Crippen molar-refractivity contribution in [3.8, 4) is 5.75 Å². The highest BCUT2D eigenvalue weighted by Crippen LogP contribution is 2.38. The predicted octanol–water partition coefficient (Wildman–Crippen LogP) is 4.25. The van der Waals surface area contributed by atoms with Gasteiger partial charge in [0.15, 0.2) is 0 Å². The lowest BCUT2D eigenvalue weighted by atomic mass is 10.2. The molecule has 0 radical (unpaired) electrons. The summed E-state index contributed by atoms with van der Waals surface area (Å²) >= 11 is 0. The second-order valence-corrected chi connectivity index (χ2v) is 11.3. The van der Waals surface area contributed by atoms with Crippen molar-refractivity contribution >= 4 is 56.1 Å². The van der Waals surface area contributed by atoms with Crippen LogP contribution in [0, 0.1) is 0 Å². The van der Waals surface area contributed by atoms with Gasteiger partial charge >= 0.3 is 0 Å². The first-order valence-electron chi connectivity index (χ1n) is 13.0. The summed E-state index contributed by atoms with van der Waals surface area (Å²) in [5, 5.41) is 9.19. The molecule has 1 heterocycles. The van der Waals surface area contributed by atoms with E-state index in [1.54, 1.807) is 56.6 Å². The van der Waals surface area contributed by atoms with E-state index >= 15 is 0 Å². The number of rotatable bonds is 15. The summed E-state index contributed by atoms with van der Waals surface area (Å²) in [7, 11) is 4.00. The minimum Gasteiger partial charge on any atom is -0.494 e. The van der Waals surface area contributed by atoms with Crippen molar-refractivity contribution in [3.63, 3.8) is 0 Å². The molecule has 1 amide bonds. The van der Waals surface area contributed by atoms with E-state index in [-0.39, 0.29) is 17.6 Å². The maximum atomic E-state index is 12.3. The average molecular weight is 583 g/mol. The zero-order valence-electron chi connectivity index (χ0n) is 24.1. The summed E-state index contributed by atoms with van der Waals surface area (Å²) in [6, 6.07) is 12.2. The Balaban J connectivity index is 1.91. The quantitative estimate of drug-likeness (QED) is 0.192. The number of aromatic nitrogens is 2. The largest absolute Gasteiger partial charge is 0.494 e. The summed E-state index contributed by atoms with van der Waals surface area (Å²) in [6.45, 7) is 6.89. The van der Waals surface area contributed by atoms with Crippen LogP contribution in [-0.2, 0) is 14.8 Å². The Morgan fingerprint density at radius 3 is 2.41 bits per heavy atom. The zero-order valence-corrected chi connectivity index (χ0v) is 24.9. The molecule has 12 nitrogen and oxygen atoms in total. The van der Waals surface area contributed by atoms with Gasteiger partial charge in [-0.05, 0) is 50.9 Å². The van der Waals surface area contributed by atoms with E-state index in [0.29, 0.717) is 47.3 Å². The standard InChI is InChI=1S/C28H38N8O4S/c1-7-17-41(38,39)34-21-12-10-9-11-20(21)30-26-13-14-29-28(33-26)32-23-18-22(31-27(37)8-2)24(19-25(23)40-6)36(5)16-15-35(3)4/h8-14,18-19,34H,2,7,15-17H2,1,3-6H3,(H,31,37)(H2,29,30,32,33). The van der Waals surface area contributed by atoms with Crippen LogP contribution < -0.4 is 30.3 Å². The van der Waals surface area contributed by atoms with Crippen LogP contribution in [0.2, 0.25) is 0 Å². The van der Waals surface area contributed by atoms with Crippen LogP contribution in [0.1, 0.15) is 13.3 Å². The van der Waals surface area contributed by atoms with Gasteiger partial charge in [-0.15, -0.1) is 0 Å². The molecule has 0 unspecified atom stereocenters. The maximum Gasteiger partial charge on any atom is 0.247 e. The topological polar surface area (TPSA) is 141 Å². The molecule has 0 bridgehead atoms. The van der Waals surface area contributed by atoms with Crippen molar-refractivity contribution in [2.45, 2.75) is 13.3 Å². The number of benzene rings is 2. The van der Waals surface area contributed by atoms with Crippen LogP contribution in [0.5, 0.6) is 5.75 Å². The molecule has 220 valence electrons. The fourth-order valence-electron chi connectivity index (χ4n) is 3.82. The highest BCUT2D eigenvalue weighted by atomic mass is 32.2. The Labute approximate surface area is 241 Å². The molecule has 3 rings (SSSR count). The highest BCUT2D eigenvalue weighted by Gasteiger charge is 2.17. The number of para-hydroxylation sites is 2. The van der Waals surface area contributed by atoms with Crippen molar-refractivity contribution < 1.29 is 17.9 Å². The number of carbonyl (C=O) groups excluding carboxylic acids is 1. The Morgan fingerprint density at radius 2 is 1.76 bits per heavy atom. The average Bonchev–Trinajstić information content (AvgIpc) is 2.93. The lowest BCUT2D eigenvalue weighted by Gasteiger charge is -2.26. The summed E-state index contributed by atoms with van der Waals surface area (Å²) in [6.07, 6.45) is 3.28. The lowest BCUT2D eigenvalue weighted by Crippen LogP contribution is -2.29. The Hall–Kier alpha value is -4.36. The molecule has 0 saturated carbocycles. The van der Waals surface area contributed by atoms with Crippen LogP contribution in [-0.4, -0.2) is 76.3 Å². The minimum absolute atomic E-state index is 0.0181. The maximum absolute atomic E-state index is 12.3. The SMILES string of the molecule is C=CC(=O)Nc1cc(Nc2nccc(Nc3ccccc3NS(=O)(=O)CCC)n2)c(OC)cc1N(C)CCN(C)C. The second kappa shape index (κ2) is 14.3. The van der Waals surface area contributed by atoms with E-state index in [4.69, 9.17) is 4.74 Å². The van der Waals surface area contributed by atoms with Gasteiger partial charge in [0, 0.05) is 32.4 Å². The van der Waals surface area contributed by atoms with Crippen molar-refractivity contribution in [2.24, 2.45) is 0 Å². The smallest absolute Gasteiger partial charge is 0.247 e. The van der Waals surface area contributed by atoms with Crippen molar-refractivity contribution in [1.82, 2.24) is 14.9 Å². The molecule has 0 spiro atoms. The number of anilines is 7. The monoisotopic (exact) mass is 582 g/mol. The number of carbonyl (C=O) groups is 1. The molecule has 0 aliphatic heterocycles. The molecule has 1 aromatic heterocycles. The summed E-state index contributed by atoms with van der Waals surface area (Å²) in [5.41, 5.74) is 2.80. The zero-order chi connectivity index (χ0) is 30.0. The van der Waals surface area contributed by atoms with E-state index in [2.05, 4.69) is 42.1 Å². The first kappa shape index (κ1) is 31.2. The van der Waals surface area contributed by atoms with E-state index < -0.39 is 10.0 Å². The molecule has 41 heavy (non-hydrogen) atoms. The van der Waals surface area contributed by atoms with Gasteiger partial charge in [-0.25, -0.2) is 13.4 Å². The van der Waals surface area contributed by atoms with Gasteiger partial charge in [0.1, 0.15) is 11.6 Å². The number of nitrogens with zero attached hydrogens (tertiary/aromatic N) is 4. The number of hydrogen-bond donors (Lipinski definition) is 4. The van der Waals surface area contributed by atoms with Gasteiger partial charge in [0.25, 0.3) is 0 Å². The first-order chi connectivity index (χ1) is 19.5. The Kier molecular flexibility index (Phi) is 10.9. The molecule has 3 aromatic rings. The fourth-order valence-corrected chi connectivity index (χ4v) is 4.97. The van der Waals surface area contributed by atoms with Gasteiger partial charge in [-0.3, -0.25) is 9.52 Å². The lowest BCUT2D eigenvalue weighted by molar-refractivity contribution is -0.111. The third-order valence-electron chi connectivity index (χ3n) is 5.89. The van der Waals surface area contributed by atoms with Gasteiger partial charge in [-0.1, -0.05) is 25.6 Å². The molecular formula is C28H38N8O4S. The highest BCUT2D eigenvalue weighted by molar-refractivity contribution is 7.92. The summed E-state index contributed by atoms with van der Waals surface area (Å²) in [5.74, 6) is 0.880. The van der Waals surface area contributed by atoms with Crippen LogP contribution in [0.25, 0.3) is 0 Å². The number of ether oxygens (including phenoxy) is 1. The molecular weight excluding hydrogens is 544 g/mol. The molecule has 0 saturated heterocycles. The fraction of sp³-hybridized carbons (Fsp3) is 0.321. The third-order valence-corrected chi connectivity index (χ3v) is 7.36. The van der Waals surface area contributed by atoms with Gasteiger partial charge in [0.2, 0.25) is 21.9 Å². The Morgan fingerprint density at radius 1 is 1.02 bits per heavy atom. The molecule has 0 aliphatic rings. The van der Waals surface area contributed by atoms with E-state index in [1.807, 2.05) is 32.1 Å². The molecule has 4 N–H and O–H groups in total. The number of likely N-dealkylation sites (N-methyl/N-ethyl adjacent to an activating group) is 2. The summed E-state index contributed by atoms with van der Waals surface area (Å²) in [4.78, 5) is 25.2. The van der Waals surface area contributed by atoms with Gasteiger partial charge in [0.05, 0.1) is 41.3 Å². The number of methoxy groups -OCH3 is 1. The number of nitrogens with one attached hydrogen (secondary N) is 4. The third kappa shape index (κ3) is 9.08.